The summed E-state index contributed by atoms with van der Waals surface area (Å²) < 4.78 is 1.37. The van der Waals surface area contributed by atoms with Crippen LogP contribution < -0.4 is 5.32 Å². The van der Waals surface area contributed by atoms with E-state index in [1.165, 1.54) is 11.0 Å². The van der Waals surface area contributed by atoms with Crippen LogP contribution in [0.2, 0.25) is 0 Å². The maximum atomic E-state index is 12.2. The quantitative estimate of drug-likeness (QED) is 0.758. The first-order chi connectivity index (χ1) is 10.8. The molecule has 0 bridgehead atoms. The highest BCUT2D eigenvalue weighted by molar-refractivity contribution is 5.76. The number of hydrogen-bond donors (Lipinski definition) is 1. The second-order valence-corrected chi connectivity index (χ2v) is 4.67. The van der Waals surface area contributed by atoms with Crippen molar-refractivity contribution >= 4 is 5.91 Å². The van der Waals surface area contributed by atoms with Gasteiger partial charge in [0.1, 0.15) is 12.9 Å². The lowest BCUT2D eigenvalue weighted by atomic mass is 10.0. The van der Waals surface area contributed by atoms with Crippen molar-refractivity contribution in [3.8, 4) is 0 Å². The number of rotatable bonds is 5. The molecule has 0 radical (unpaired) electrons. The fourth-order valence-electron chi connectivity index (χ4n) is 2.13. The SMILES string of the molecule is O=C(Cn1cnnn1)N[C@@H](c1ccccc1)c1ccccn1. The molecule has 3 aromatic rings. The highest BCUT2D eigenvalue weighted by Gasteiger charge is 2.18. The van der Waals surface area contributed by atoms with Gasteiger partial charge in [0, 0.05) is 6.20 Å². The predicted octanol–water partition coefficient (Wildman–Crippen LogP) is 0.974. The number of benzene rings is 1. The molecule has 1 amide bonds. The molecule has 0 saturated carbocycles. The minimum atomic E-state index is -0.314. The summed E-state index contributed by atoms with van der Waals surface area (Å²) >= 11 is 0. The zero-order chi connectivity index (χ0) is 15.2. The van der Waals surface area contributed by atoms with Crippen molar-refractivity contribution in [2.24, 2.45) is 0 Å². The third-order valence-electron chi connectivity index (χ3n) is 3.12. The fourth-order valence-corrected chi connectivity index (χ4v) is 2.13. The van der Waals surface area contributed by atoms with E-state index in [9.17, 15) is 4.79 Å². The van der Waals surface area contributed by atoms with Gasteiger partial charge in [-0.15, -0.1) is 5.10 Å². The second kappa shape index (κ2) is 6.57. The maximum Gasteiger partial charge on any atom is 0.242 e. The smallest absolute Gasteiger partial charge is 0.242 e. The zero-order valence-electron chi connectivity index (χ0n) is 11.7. The molecule has 0 saturated heterocycles. The Morgan fingerprint density at radius 1 is 1.14 bits per heavy atom. The van der Waals surface area contributed by atoms with Crippen LogP contribution >= 0.6 is 0 Å². The summed E-state index contributed by atoms with van der Waals surface area (Å²) in [5.41, 5.74) is 1.74. The molecule has 7 heteroatoms. The second-order valence-electron chi connectivity index (χ2n) is 4.67. The predicted molar refractivity (Wildman–Crippen MR) is 78.5 cm³/mol. The minimum Gasteiger partial charge on any atom is -0.342 e. The van der Waals surface area contributed by atoms with Gasteiger partial charge >= 0.3 is 0 Å². The van der Waals surface area contributed by atoms with Crippen LogP contribution in [0.1, 0.15) is 17.3 Å². The average Bonchev–Trinajstić information content (AvgIpc) is 3.07. The summed E-state index contributed by atoms with van der Waals surface area (Å²) in [6.45, 7) is 0.0587. The maximum absolute atomic E-state index is 12.2. The molecule has 2 heterocycles. The van der Waals surface area contributed by atoms with Crippen LogP contribution in [0.15, 0.2) is 61.1 Å². The van der Waals surface area contributed by atoms with Crippen molar-refractivity contribution in [1.29, 1.82) is 0 Å². The third kappa shape index (κ3) is 3.32. The Kier molecular flexibility index (Phi) is 4.15. The molecule has 1 N–H and O–H groups in total. The lowest BCUT2D eigenvalue weighted by molar-refractivity contribution is -0.122. The van der Waals surface area contributed by atoms with Gasteiger partial charge in [0.2, 0.25) is 5.91 Å². The van der Waals surface area contributed by atoms with Gasteiger partial charge in [0.05, 0.1) is 11.7 Å². The lowest BCUT2D eigenvalue weighted by Gasteiger charge is -2.18. The number of nitrogens with one attached hydrogen (secondary N) is 1. The summed E-state index contributed by atoms with van der Waals surface area (Å²) in [5, 5.41) is 13.7. The van der Waals surface area contributed by atoms with Gasteiger partial charge in [-0.25, -0.2) is 4.68 Å². The molecule has 1 aromatic carbocycles. The van der Waals surface area contributed by atoms with E-state index in [0.717, 1.165) is 11.3 Å². The Hall–Kier alpha value is -3.09. The number of nitrogens with zero attached hydrogens (tertiary/aromatic N) is 5. The molecule has 0 aliphatic carbocycles. The number of amides is 1. The molecule has 22 heavy (non-hydrogen) atoms. The van der Waals surface area contributed by atoms with Gasteiger partial charge in [-0.2, -0.15) is 0 Å². The largest absolute Gasteiger partial charge is 0.342 e. The average molecular weight is 294 g/mol. The molecule has 0 aliphatic rings. The van der Waals surface area contributed by atoms with Gasteiger partial charge in [0.25, 0.3) is 0 Å². The monoisotopic (exact) mass is 294 g/mol. The lowest BCUT2D eigenvalue weighted by Crippen LogP contribution is -2.32. The Labute approximate surface area is 127 Å². The van der Waals surface area contributed by atoms with Gasteiger partial charge < -0.3 is 5.32 Å². The summed E-state index contributed by atoms with van der Waals surface area (Å²) in [5.74, 6) is -0.188. The Morgan fingerprint density at radius 2 is 1.95 bits per heavy atom. The van der Waals surface area contributed by atoms with Crippen molar-refractivity contribution in [1.82, 2.24) is 30.5 Å². The van der Waals surface area contributed by atoms with Crippen LogP contribution in [0.3, 0.4) is 0 Å². The zero-order valence-corrected chi connectivity index (χ0v) is 11.7. The molecule has 0 aliphatic heterocycles. The fraction of sp³-hybridized carbons (Fsp3) is 0.133. The van der Waals surface area contributed by atoms with Crippen molar-refractivity contribution < 1.29 is 4.79 Å². The number of carbonyl (C=O) groups is 1. The molecular formula is C15H14N6O. The number of tetrazole rings is 1. The number of aromatic nitrogens is 5. The van der Waals surface area contributed by atoms with E-state index in [0.29, 0.717) is 0 Å². The van der Waals surface area contributed by atoms with Crippen LogP contribution in [-0.4, -0.2) is 31.1 Å². The molecule has 0 spiro atoms. The van der Waals surface area contributed by atoms with E-state index in [1.54, 1.807) is 6.20 Å². The van der Waals surface area contributed by atoms with Crippen LogP contribution in [-0.2, 0) is 11.3 Å². The molecule has 110 valence electrons. The molecule has 0 unspecified atom stereocenters. The molecule has 7 nitrogen and oxygen atoms in total. The number of hydrogen-bond acceptors (Lipinski definition) is 5. The van der Waals surface area contributed by atoms with Crippen molar-refractivity contribution in [3.05, 3.63) is 72.3 Å². The van der Waals surface area contributed by atoms with E-state index in [4.69, 9.17) is 0 Å². The first-order valence-corrected chi connectivity index (χ1v) is 6.79. The molecule has 0 fully saturated rings. The van der Waals surface area contributed by atoms with Crippen LogP contribution in [0.5, 0.6) is 0 Å². The van der Waals surface area contributed by atoms with E-state index < -0.39 is 0 Å². The number of pyridine rings is 1. The van der Waals surface area contributed by atoms with Crippen LogP contribution in [0, 0.1) is 0 Å². The standard InChI is InChI=1S/C15H14N6O/c22-14(10-21-11-17-19-20-21)18-15(12-6-2-1-3-7-12)13-8-4-5-9-16-13/h1-9,11,15H,10H2,(H,18,22)/t15-/m0/s1. The minimum absolute atomic E-state index is 0.0587. The van der Waals surface area contributed by atoms with Gasteiger partial charge in [-0.1, -0.05) is 36.4 Å². The molecular weight excluding hydrogens is 280 g/mol. The van der Waals surface area contributed by atoms with Crippen molar-refractivity contribution in [2.75, 3.05) is 0 Å². The van der Waals surface area contributed by atoms with E-state index in [1.807, 2.05) is 48.5 Å². The number of carbonyl (C=O) groups excluding carboxylic acids is 1. The first kappa shape index (κ1) is 13.9. The Balaban J connectivity index is 1.81. The van der Waals surface area contributed by atoms with Crippen molar-refractivity contribution in [3.63, 3.8) is 0 Å². The Morgan fingerprint density at radius 3 is 2.64 bits per heavy atom. The van der Waals surface area contributed by atoms with Crippen LogP contribution in [0.25, 0.3) is 0 Å². The van der Waals surface area contributed by atoms with Crippen LogP contribution in [0.4, 0.5) is 0 Å². The van der Waals surface area contributed by atoms with Gasteiger partial charge in [-0.3, -0.25) is 9.78 Å². The van der Waals surface area contributed by atoms with E-state index >= 15 is 0 Å². The normalized spacial score (nSPS) is 11.8. The summed E-state index contributed by atoms with van der Waals surface area (Å²) in [7, 11) is 0. The van der Waals surface area contributed by atoms with E-state index in [2.05, 4.69) is 25.8 Å². The summed E-state index contributed by atoms with van der Waals surface area (Å²) in [4.78, 5) is 16.6. The van der Waals surface area contributed by atoms with E-state index in [-0.39, 0.29) is 18.5 Å². The highest BCUT2D eigenvalue weighted by Crippen LogP contribution is 2.19. The van der Waals surface area contributed by atoms with Gasteiger partial charge in [0.15, 0.2) is 0 Å². The molecule has 2 aromatic heterocycles. The Bertz CT molecular complexity index is 675. The van der Waals surface area contributed by atoms with Crippen molar-refractivity contribution in [2.45, 2.75) is 12.6 Å². The summed E-state index contributed by atoms with van der Waals surface area (Å²) in [6.07, 6.45) is 3.11. The highest BCUT2D eigenvalue weighted by atomic mass is 16.2. The topological polar surface area (TPSA) is 85.6 Å². The molecule has 1 atom stereocenters. The summed E-state index contributed by atoms with van der Waals surface area (Å²) in [6, 6.07) is 15.0. The molecule has 3 rings (SSSR count). The first-order valence-electron chi connectivity index (χ1n) is 6.79. The van der Waals surface area contributed by atoms with Gasteiger partial charge in [-0.05, 0) is 28.1 Å². The third-order valence-corrected chi connectivity index (χ3v) is 3.12.